The van der Waals surface area contributed by atoms with Gasteiger partial charge < -0.3 is 14.2 Å². The van der Waals surface area contributed by atoms with Gasteiger partial charge in [0.1, 0.15) is 13.2 Å². The zero-order valence-electron chi connectivity index (χ0n) is 11.7. The molecule has 2 heterocycles. The van der Waals surface area contributed by atoms with Crippen molar-refractivity contribution in [2.24, 2.45) is 0 Å². The van der Waals surface area contributed by atoms with Gasteiger partial charge in [0.05, 0.1) is 11.8 Å². The van der Waals surface area contributed by atoms with Gasteiger partial charge in [0.2, 0.25) is 5.89 Å². The van der Waals surface area contributed by atoms with E-state index in [0.29, 0.717) is 12.4 Å². The van der Waals surface area contributed by atoms with Crippen LogP contribution in [0.15, 0.2) is 23.0 Å². The summed E-state index contributed by atoms with van der Waals surface area (Å²) < 4.78 is 23.5. The van der Waals surface area contributed by atoms with Crippen LogP contribution < -0.4 is 0 Å². The molecule has 21 heavy (non-hydrogen) atoms. The smallest absolute Gasteiger partial charge is 0.257 e. The third-order valence-corrected chi connectivity index (χ3v) is 2.78. The van der Waals surface area contributed by atoms with E-state index in [2.05, 4.69) is 15.1 Å². The normalized spacial score (nSPS) is 10.6. The van der Waals surface area contributed by atoms with Crippen molar-refractivity contribution < 1.29 is 18.4 Å². The van der Waals surface area contributed by atoms with Gasteiger partial charge in [-0.3, -0.25) is 9.78 Å². The van der Waals surface area contributed by atoms with Crippen LogP contribution in [0.5, 0.6) is 0 Å². The molecule has 0 atom stereocenters. The monoisotopic (exact) mass is 294 g/mol. The lowest BCUT2D eigenvalue weighted by Gasteiger charge is -2.18. The fraction of sp³-hybridized carbons (Fsp3) is 0.385. The first-order valence-electron chi connectivity index (χ1n) is 6.34. The maximum Gasteiger partial charge on any atom is 0.257 e. The third kappa shape index (κ3) is 3.60. The van der Waals surface area contributed by atoms with Crippen molar-refractivity contribution in [3.05, 3.63) is 41.6 Å². The van der Waals surface area contributed by atoms with Crippen molar-refractivity contribution >= 4 is 5.91 Å². The molecular weight excluding hydrogens is 279 g/mol. The Labute approximate surface area is 120 Å². The molecule has 2 rings (SSSR count). The van der Waals surface area contributed by atoms with Crippen LogP contribution in [0.2, 0.25) is 0 Å². The van der Waals surface area contributed by atoms with Crippen molar-refractivity contribution in [2.75, 3.05) is 13.7 Å². The molecular formula is C13H15FN4O3. The van der Waals surface area contributed by atoms with Crippen LogP contribution in [0, 0.1) is 5.82 Å². The molecule has 0 aliphatic rings. The molecule has 0 saturated heterocycles. The predicted octanol–water partition coefficient (Wildman–Crippen LogP) is 1.41. The van der Waals surface area contributed by atoms with Crippen molar-refractivity contribution in [1.29, 1.82) is 0 Å². The summed E-state index contributed by atoms with van der Waals surface area (Å²) in [5, 5.41) is 3.71. The molecule has 0 fully saturated rings. The lowest BCUT2D eigenvalue weighted by molar-refractivity contribution is 0.0729. The van der Waals surface area contributed by atoms with Crippen LogP contribution in [-0.2, 0) is 17.9 Å². The SMILES string of the molecule is CCN(Cc1nc(COC)no1)C(=O)c1ccncc1F. The van der Waals surface area contributed by atoms with E-state index in [-0.39, 0.29) is 24.6 Å². The van der Waals surface area contributed by atoms with Gasteiger partial charge >= 0.3 is 0 Å². The lowest BCUT2D eigenvalue weighted by atomic mass is 10.2. The second kappa shape index (κ2) is 6.89. The lowest BCUT2D eigenvalue weighted by Crippen LogP contribution is -2.31. The maximum absolute atomic E-state index is 13.6. The van der Waals surface area contributed by atoms with Crippen molar-refractivity contribution in [2.45, 2.75) is 20.1 Å². The van der Waals surface area contributed by atoms with Gasteiger partial charge in [-0.25, -0.2) is 4.39 Å². The van der Waals surface area contributed by atoms with E-state index < -0.39 is 11.7 Å². The Morgan fingerprint density at radius 1 is 1.52 bits per heavy atom. The highest BCUT2D eigenvalue weighted by Gasteiger charge is 2.20. The van der Waals surface area contributed by atoms with Gasteiger partial charge in [0, 0.05) is 19.9 Å². The highest BCUT2D eigenvalue weighted by molar-refractivity contribution is 5.94. The van der Waals surface area contributed by atoms with E-state index in [9.17, 15) is 9.18 Å². The number of hydrogen-bond donors (Lipinski definition) is 0. The Bertz CT molecular complexity index is 617. The molecule has 0 N–H and O–H groups in total. The molecule has 0 radical (unpaired) electrons. The Kier molecular flexibility index (Phi) is 4.94. The first-order valence-corrected chi connectivity index (χ1v) is 6.34. The molecule has 112 valence electrons. The molecule has 0 bridgehead atoms. The number of nitrogens with zero attached hydrogens (tertiary/aromatic N) is 4. The second-order valence-corrected chi connectivity index (χ2v) is 4.21. The minimum atomic E-state index is -0.661. The van der Waals surface area contributed by atoms with Crippen molar-refractivity contribution in [1.82, 2.24) is 20.0 Å². The van der Waals surface area contributed by atoms with E-state index in [1.165, 1.54) is 24.3 Å². The van der Waals surface area contributed by atoms with Gasteiger partial charge in [0.15, 0.2) is 11.6 Å². The fourth-order valence-corrected chi connectivity index (χ4v) is 1.75. The van der Waals surface area contributed by atoms with Crippen molar-refractivity contribution in [3.63, 3.8) is 0 Å². The summed E-state index contributed by atoms with van der Waals surface area (Å²) in [6, 6.07) is 1.34. The van der Waals surface area contributed by atoms with Crippen LogP contribution in [-0.4, -0.2) is 39.6 Å². The van der Waals surface area contributed by atoms with Crippen LogP contribution in [0.1, 0.15) is 29.0 Å². The summed E-state index contributed by atoms with van der Waals surface area (Å²) in [6.45, 7) is 2.49. The first kappa shape index (κ1) is 15.0. The quantitative estimate of drug-likeness (QED) is 0.801. The summed E-state index contributed by atoms with van der Waals surface area (Å²) >= 11 is 0. The van der Waals surface area contributed by atoms with Crippen LogP contribution in [0.4, 0.5) is 4.39 Å². The number of pyridine rings is 1. The number of methoxy groups -OCH3 is 1. The third-order valence-electron chi connectivity index (χ3n) is 2.78. The van der Waals surface area contributed by atoms with Gasteiger partial charge in [-0.05, 0) is 13.0 Å². The highest BCUT2D eigenvalue weighted by atomic mass is 19.1. The number of rotatable bonds is 6. The van der Waals surface area contributed by atoms with Gasteiger partial charge in [-0.1, -0.05) is 5.16 Å². The Morgan fingerprint density at radius 3 is 3.00 bits per heavy atom. The minimum absolute atomic E-state index is 0.0384. The number of ether oxygens (including phenoxy) is 1. The zero-order valence-corrected chi connectivity index (χ0v) is 11.7. The highest BCUT2D eigenvalue weighted by Crippen LogP contribution is 2.11. The molecule has 2 aromatic rings. The average Bonchev–Trinajstić information content (AvgIpc) is 2.92. The van der Waals surface area contributed by atoms with Gasteiger partial charge in [-0.2, -0.15) is 4.98 Å². The number of carbonyl (C=O) groups is 1. The second-order valence-electron chi connectivity index (χ2n) is 4.21. The topological polar surface area (TPSA) is 81.4 Å². The minimum Gasteiger partial charge on any atom is -0.377 e. The van der Waals surface area contributed by atoms with Gasteiger partial charge in [0.25, 0.3) is 5.91 Å². The van der Waals surface area contributed by atoms with Gasteiger partial charge in [-0.15, -0.1) is 0 Å². The Balaban J connectivity index is 2.12. The molecule has 0 aliphatic heterocycles. The molecule has 7 nitrogen and oxygen atoms in total. The molecule has 1 amide bonds. The Hall–Kier alpha value is -2.35. The van der Waals surface area contributed by atoms with Crippen LogP contribution in [0.3, 0.4) is 0 Å². The molecule has 8 heteroatoms. The summed E-state index contributed by atoms with van der Waals surface area (Å²) in [5.74, 6) is -0.451. The summed E-state index contributed by atoms with van der Waals surface area (Å²) in [5.41, 5.74) is -0.0384. The first-order chi connectivity index (χ1) is 10.2. The predicted molar refractivity (Wildman–Crippen MR) is 69.6 cm³/mol. The Morgan fingerprint density at radius 2 is 2.33 bits per heavy atom. The summed E-state index contributed by atoms with van der Waals surface area (Å²) in [4.78, 5) is 21.4. The molecule has 2 aromatic heterocycles. The van der Waals surface area contributed by atoms with E-state index in [1.54, 1.807) is 6.92 Å². The number of halogens is 1. The summed E-state index contributed by atoms with van der Waals surface area (Å²) in [6.07, 6.45) is 2.37. The number of aromatic nitrogens is 3. The maximum atomic E-state index is 13.6. The van der Waals surface area contributed by atoms with E-state index in [1.807, 2.05) is 0 Å². The largest absolute Gasteiger partial charge is 0.377 e. The molecule has 0 aromatic carbocycles. The zero-order chi connectivity index (χ0) is 15.2. The van der Waals surface area contributed by atoms with Crippen molar-refractivity contribution in [3.8, 4) is 0 Å². The standard InChI is InChI=1S/C13H15FN4O3/c1-3-18(7-12-16-11(8-20-2)17-21-12)13(19)9-4-5-15-6-10(9)14/h4-6H,3,7-8H2,1-2H3. The number of amides is 1. The van der Waals surface area contributed by atoms with Crippen LogP contribution >= 0.6 is 0 Å². The molecule has 0 aliphatic carbocycles. The number of hydrogen-bond acceptors (Lipinski definition) is 6. The van der Waals surface area contributed by atoms with E-state index in [4.69, 9.17) is 9.26 Å². The number of carbonyl (C=O) groups excluding carboxylic acids is 1. The summed E-state index contributed by atoms with van der Waals surface area (Å²) in [7, 11) is 1.52. The molecule has 0 saturated carbocycles. The molecule has 0 spiro atoms. The van der Waals surface area contributed by atoms with E-state index in [0.717, 1.165) is 6.20 Å². The van der Waals surface area contributed by atoms with Crippen LogP contribution in [0.25, 0.3) is 0 Å². The van der Waals surface area contributed by atoms with E-state index >= 15 is 0 Å². The fourth-order valence-electron chi connectivity index (χ4n) is 1.75. The molecule has 0 unspecified atom stereocenters. The average molecular weight is 294 g/mol.